The minimum Gasteiger partial charge on any atom is -0.281 e. The van der Waals surface area contributed by atoms with Gasteiger partial charge in [-0.1, -0.05) is 24.6 Å². The summed E-state index contributed by atoms with van der Waals surface area (Å²) in [7, 11) is 0. The Morgan fingerprint density at radius 3 is 3.00 bits per heavy atom. The van der Waals surface area contributed by atoms with Crippen molar-refractivity contribution in [1.29, 1.82) is 0 Å². The van der Waals surface area contributed by atoms with Crippen LogP contribution in [0, 0.1) is 0 Å². The van der Waals surface area contributed by atoms with Crippen LogP contribution < -0.4 is 5.14 Å². The maximum atomic E-state index is 5.04. The van der Waals surface area contributed by atoms with Crippen LogP contribution in [0.25, 0.3) is 0 Å². The van der Waals surface area contributed by atoms with Gasteiger partial charge in [0.15, 0.2) is 0 Å². The van der Waals surface area contributed by atoms with E-state index in [2.05, 4.69) is 11.6 Å². The predicted octanol–water partition coefficient (Wildman–Crippen LogP) is 0.808. The number of nitrogens with two attached hydrogens (primary N) is 1. The Morgan fingerprint density at radius 2 is 2.57 bits per heavy atom. The molecule has 0 aliphatic rings. The van der Waals surface area contributed by atoms with E-state index in [9.17, 15) is 0 Å². The number of nitrogens with zero attached hydrogens (tertiary/aromatic N) is 1. The van der Waals surface area contributed by atoms with Crippen LogP contribution in [0.1, 0.15) is 0 Å². The molecule has 3 heteroatoms. The average Bonchev–Trinajstić information content (AvgIpc) is 1.69. The molecule has 0 aromatic carbocycles. The Hall–Kier alpha value is -0.280. The molecule has 0 saturated carbocycles. The van der Waals surface area contributed by atoms with Crippen LogP contribution in [0.3, 0.4) is 0 Å². The van der Waals surface area contributed by atoms with Crippen molar-refractivity contribution in [2.75, 3.05) is 5.88 Å². The molecule has 0 aliphatic carbocycles. The van der Waals surface area contributed by atoms with Crippen molar-refractivity contribution in [3.8, 4) is 0 Å². The minimum atomic E-state index is 0.617. The van der Waals surface area contributed by atoms with E-state index in [1.165, 1.54) is 11.9 Å². The van der Waals surface area contributed by atoms with E-state index < -0.39 is 0 Å². The molecule has 2 nitrogen and oxygen atoms in total. The van der Waals surface area contributed by atoms with Crippen molar-refractivity contribution in [3.63, 3.8) is 0 Å². The van der Waals surface area contributed by atoms with Gasteiger partial charge in [0.05, 0.1) is 5.88 Å². The second-order valence-electron chi connectivity index (χ2n) is 0.863. The molecule has 0 bridgehead atoms. The summed E-state index contributed by atoms with van der Waals surface area (Å²) in [4.78, 5) is 3.80. The molecule has 0 heterocycles. The lowest BCUT2D eigenvalue weighted by molar-refractivity contribution is 1.40. The fourth-order valence-corrected chi connectivity index (χ4v) is 0.333. The van der Waals surface area contributed by atoms with Crippen molar-refractivity contribution in [3.05, 3.63) is 12.7 Å². The highest BCUT2D eigenvalue weighted by atomic mass is 32.2. The normalized spacial score (nSPS) is 9.86. The van der Waals surface area contributed by atoms with Crippen molar-refractivity contribution < 1.29 is 0 Å². The molecule has 0 radical (unpaired) electrons. The smallest absolute Gasteiger partial charge is 0.0985 e. The van der Waals surface area contributed by atoms with Crippen LogP contribution in [0.5, 0.6) is 0 Å². The lowest BCUT2D eigenvalue weighted by Gasteiger charge is -1.79. The largest absolute Gasteiger partial charge is 0.281 e. The molecule has 0 saturated heterocycles. The van der Waals surface area contributed by atoms with Crippen molar-refractivity contribution in [2.45, 2.75) is 0 Å². The predicted molar refractivity (Wildman–Crippen MR) is 35.3 cm³/mol. The highest BCUT2D eigenvalue weighted by Gasteiger charge is 1.66. The molecule has 7 heavy (non-hydrogen) atoms. The molecule has 0 atom stereocenters. The molecule has 0 rings (SSSR count). The third-order valence-electron chi connectivity index (χ3n) is 0.360. The Labute approximate surface area is 47.6 Å². The monoisotopic (exact) mass is 116 g/mol. The molecular weight excluding hydrogens is 108 g/mol. The lowest BCUT2D eigenvalue weighted by atomic mass is 10.7. The Morgan fingerprint density at radius 1 is 1.86 bits per heavy atom. The zero-order chi connectivity index (χ0) is 5.54. The molecule has 2 N–H and O–H groups in total. The summed E-state index contributed by atoms with van der Waals surface area (Å²) in [6.07, 6.45) is 3.25. The van der Waals surface area contributed by atoms with E-state index in [1.807, 2.05) is 0 Å². The molecule has 40 valence electrons. The number of allylic oxidation sites excluding steroid dienone is 1. The summed E-state index contributed by atoms with van der Waals surface area (Å²) in [5, 5.41) is 5.04. The number of aliphatic imine (C=N–C) groups is 1. The van der Waals surface area contributed by atoms with Crippen molar-refractivity contribution in [2.24, 2.45) is 10.1 Å². The standard InChI is InChI=1S/C4H8N2S/c1-2-3-6-4-7-5/h2-3H,1,4-5H2. The van der Waals surface area contributed by atoms with Crippen LogP contribution >= 0.6 is 11.9 Å². The second kappa shape index (κ2) is 5.72. The van der Waals surface area contributed by atoms with E-state index in [0.717, 1.165) is 0 Å². The summed E-state index contributed by atoms with van der Waals surface area (Å²) in [5.41, 5.74) is 0. The van der Waals surface area contributed by atoms with Crippen LogP contribution in [-0.4, -0.2) is 12.1 Å². The van der Waals surface area contributed by atoms with Crippen LogP contribution in [0.4, 0.5) is 0 Å². The van der Waals surface area contributed by atoms with E-state index >= 15 is 0 Å². The number of rotatable bonds is 3. The van der Waals surface area contributed by atoms with Gasteiger partial charge < -0.3 is 0 Å². The van der Waals surface area contributed by atoms with E-state index in [-0.39, 0.29) is 0 Å². The fraction of sp³-hybridized carbons (Fsp3) is 0.250. The minimum absolute atomic E-state index is 0.617. The van der Waals surface area contributed by atoms with Gasteiger partial charge in [0.25, 0.3) is 0 Å². The maximum absolute atomic E-state index is 5.04. The first-order valence-electron chi connectivity index (χ1n) is 1.84. The SMILES string of the molecule is C=CC=NCSN. The molecule has 0 aliphatic heterocycles. The van der Waals surface area contributed by atoms with Crippen molar-refractivity contribution >= 4 is 18.2 Å². The van der Waals surface area contributed by atoms with Gasteiger partial charge in [-0.15, -0.1) is 0 Å². The van der Waals surface area contributed by atoms with E-state index in [4.69, 9.17) is 5.14 Å². The molecule has 0 fully saturated rings. The van der Waals surface area contributed by atoms with E-state index in [1.54, 1.807) is 12.3 Å². The first kappa shape index (κ1) is 6.72. The Balaban J connectivity index is 2.92. The van der Waals surface area contributed by atoms with Crippen LogP contribution in [0.15, 0.2) is 17.6 Å². The highest BCUT2D eigenvalue weighted by Crippen LogP contribution is 1.82. The van der Waals surface area contributed by atoms with Crippen LogP contribution in [0.2, 0.25) is 0 Å². The molecule has 0 unspecified atom stereocenters. The van der Waals surface area contributed by atoms with Crippen LogP contribution in [-0.2, 0) is 0 Å². The summed E-state index contributed by atoms with van der Waals surface area (Å²) >= 11 is 1.20. The third-order valence-corrected chi connectivity index (χ3v) is 0.658. The van der Waals surface area contributed by atoms with E-state index in [0.29, 0.717) is 5.88 Å². The van der Waals surface area contributed by atoms with Gasteiger partial charge in [0.2, 0.25) is 0 Å². The maximum Gasteiger partial charge on any atom is 0.0985 e. The third kappa shape index (κ3) is 5.72. The average molecular weight is 116 g/mol. The van der Waals surface area contributed by atoms with Gasteiger partial charge in [-0.25, -0.2) is 0 Å². The molecular formula is C4H8N2S. The fourth-order valence-electron chi connectivity index (χ4n) is 0.161. The number of hydrogen-bond acceptors (Lipinski definition) is 3. The number of hydrogen-bond donors (Lipinski definition) is 1. The Bertz CT molecular complexity index is 70.1. The molecule has 0 aromatic heterocycles. The lowest BCUT2D eigenvalue weighted by Crippen LogP contribution is -1.79. The zero-order valence-corrected chi connectivity index (χ0v) is 4.82. The molecule has 0 aromatic rings. The highest BCUT2D eigenvalue weighted by molar-refractivity contribution is 7.97. The molecule has 0 spiro atoms. The van der Waals surface area contributed by atoms with Gasteiger partial charge in [0.1, 0.15) is 0 Å². The summed E-state index contributed by atoms with van der Waals surface area (Å²) < 4.78 is 0. The quantitative estimate of drug-likeness (QED) is 0.437. The first-order valence-corrected chi connectivity index (χ1v) is 2.89. The van der Waals surface area contributed by atoms with Gasteiger partial charge in [-0.3, -0.25) is 10.1 Å². The second-order valence-corrected chi connectivity index (χ2v) is 1.45. The summed E-state index contributed by atoms with van der Waals surface area (Å²) in [6.45, 7) is 3.43. The molecule has 0 amide bonds. The van der Waals surface area contributed by atoms with Gasteiger partial charge in [-0.2, -0.15) is 0 Å². The van der Waals surface area contributed by atoms with Crippen molar-refractivity contribution in [1.82, 2.24) is 0 Å². The van der Waals surface area contributed by atoms with Gasteiger partial charge in [0, 0.05) is 6.21 Å². The summed E-state index contributed by atoms with van der Waals surface area (Å²) in [5.74, 6) is 0.617. The van der Waals surface area contributed by atoms with Gasteiger partial charge in [-0.05, 0) is 0 Å². The van der Waals surface area contributed by atoms with Gasteiger partial charge >= 0.3 is 0 Å². The first-order chi connectivity index (χ1) is 3.41. The summed E-state index contributed by atoms with van der Waals surface area (Å²) in [6, 6.07) is 0. The zero-order valence-electron chi connectivity index (χ0n) is 4.00. The topological polar surface area (TPSA) is 38.4 Å². The Kier molecular flexibility index (Phi) is 5.49.